The Morgan fingerprint density at radius 3 is 2.85 bits per heavy atom. The van der Waals surface area contributed by atoms with Gasteiger partial charge in [-0.2, -0.15) is 11.8 Å². The molecule has 1 heterocycles. The van der Waals surface area contributed by atoms with Gasteiger partial charge in [0, 0.05) is 35.7 Å². The maximum Gasteiger partial charge on any atom is 0.317 e. The summed E-state index contributed by atoms with van der Waals surface area (Å²) in [6, 6.07) is 7.05. The molecule has 1 N–H and O–H groups in total. The first kappa shape index (κ1) is 15.2. The van der Waals surface area contributed by atoms with Crippen LogP contribution in [0.4, 0.5) is 9.18 Å². The normalized spacial score (nSPS) is 19.8. The summed E-state index contributed by atoms with van der Waals surface area (Å²) in [5.41, 5.74) is 0.753. The molecule has 1 fully saturated rings. The second kappa shape index (κ2) is 6.97. The minimum Gasteiger partial charge on any atom is -0.336 e. The van der Waals surface area contributed by atoms with Crippen LogP contribution in [-0.2, 0) is 0 Å². The van der Waals surface area contributed by atoms with Crippen molar-refractivity contribution in [2.24, 2.45) is 0 Å². The van der Waals surface area contributed by atoms with Crippen LogP contribution < -0.4 is 5.32 Å². The largest absolute Gasteiger partial charge is 0.336 e. The third kappa shape index (κ3) is 3.88. The van der Waals surface area contributed by atoms with Gasteiger partial charge in [0.2, 0.25) is 0 Å². The number of carbonyl (C=O) groups excluding carboxylic acids is 1. The van der Waals surface area contributed by atoms with Gasteiger partial charge in [0.05, 0.1) is 0 Å². The molecular formula is C15H21FN2OS. The zero-order valence-corrected chi connectivity index (χ0v) is 12.8. The van der Waals surface area contributed by atoms with Crippen molar-refractivity contribution >= 4 is 17.8 Å². The number of halogens is 1. The van der Waals surface area contributed by atoms with E-state index >= 15 is 0 Å². The molecule has 3 nitrogen and oxygen atoms in total. The first-order chi connectivity index (χ1) is 9.58. The summed E-state index contributed by atoms with van der Waals surface area (Å²) in [5.74, 6) is 0.690. The predicted octanol–water partition coefficient (Wildman–Crippen LogP) is 3.42. The van der Waals surface area contributed by atoms with E-state index in [2.05, 4.69) is 5.32 Å². The fourth-order valence-corrected chi connectivity index (χ4v) is 3.55. The highest BCUT2D eigenvalue weighted by atomic mass is 32.2. The van der Waals surface area contributed by atoms with Crippen molar-refractivity contribution < 1.29 is 9.18 Å². The smallest absolute Gasteiger partial charge is 0.317 e. The summed E-state index contributed by atoms with van der Waals surface area (Å²) in [5, 5.41) is 3.04. The molecule has 110 valence electrons. The summed E-state index contributed by atoms with van der Waals surface area (Å²) >= 11 is 1.73. The van der Waals surface area contributed by atoms with Crippen molar-refractivity contribution in [1.29, 1.82) is 0 Å². The SMILES string of the molecule is CC(C)NC(=O)N1CCS[C@H](c2ccccc2F)CC1. The molecule has 20 heavy (non-hydrogen) atoms. The number of thioether (sulfide) groups is 1. The first-order valence-electron chi connectivity index (χ1n) is 6.99. The molecule has 1 aliphatic heterocycles. The number of amides is 2. The lowest BCUT2D eigenvalue weighted by Crippen LogP contribution is -2.43. The molecule has 2 rings (SSSR count). The van der Waals surface area contributed by atoms with Crippen LogP contribution in [0.3, 0.4) is 0 Å². The van der Waals surface area contributed by atoms with E-state index in [1.54, 1.807) is 17.8 Å². The number of nitrogens with zero attached hydrogens (tertiary/aromatic N) is 1. The van der Waals surface area contributed by atoms with Crippen molar-refractivity contribution in [3.05, 3.63) is 35.6 Å². The lowest BCUT2D eigenvalue weighted by atomic mass is 10.1. The molecule has 0 saturated carbocycles. The summed E-state index contributed by atoms with van der Waals surface area (Å²) in [4.78, 5) is 13.8. The minimum atomic E-state index is -0.148. The van der Waals surface area contributed by atoms with Gasteiger partial charge in [-0.15, -0.1) is 0 Å². The van der Waals surface area contributed by atoms with Crippen molar-refractivity contribution in [1.82, 2.24) is 10.2 Å². The van der Waals surface area contributed by atoms with Gasteiger partial charge in [0.1, 0.15) is 5.82 Å². The Morgan fingerprint density at radius 1 is 1.40 bits per heavy atom. The van der Waals surface area contributed by atoms with E-state index in [9.17, 15) is 9.18 Å². The van der Waals surface area contributed by atoms with Gasteiger partial charge in [-0.05, 0) is 26.3 Å². The van der Waals surface area contributed by atoms with Gasteiger partial charge in [-0.25, -0.2) is 9.18 Å². The van der Waals surface area contributed by atoms with Gasteiger partial charge in [-0.1, -0.05) is 18.2 Å². The Morgan fingerprint density at radius 2 is 2.15 bits per heavy atom. The predicted molar refractivity (Wildman–Crippen MR) is 81.5 cm³/mol. The second-order valence-electron chi connectivity index (χ2n) is 5.26. The van der Waals surface area contributed by atoms with Gasteiger partial charge in [0.25, 0.3) is 0 Å². The van der Waals surface area contributed by atoms with Gasteiger partial charge >= 0.3 is 6.03 Å². The highest BCUT2D eigenvalue weighted by molar-refractivity contribution is 7.99. The molecular weight excluding hydrogens is 275 g/mol. The zero-order chi connectivity index (χ0) is 14.5. The highest BCUT2D eigenvalue weighted by Crippen LogP contribution is 2.35. The molecule has 1 saturated heterocycles. The number of nitrogens with one attached hydrogen (secondary N) is 1. The van der Waals surface area contributed by atoms with Crippen molar-refractivity contribution in [3.63, 3.8) is 0 Å². The highest BCUT2D eigenvalue weighted by Gasteiger charge is 2.23. The van der Waals surface area contributed by atoms with E-state index in [0.29, 0.717) is 13.1 Å². The van der Waals surface area contributed by atoms with E-state index in [-0.39, 0.29) is 23.1 Å². The lowest BCUT2D eigenvalue weighted by Gasteiger charge is -2.22. The molecule has 1 aliphatic rings. The Hall–Kier alpha value is -1.23. The average molecular weight is 296 g/mol. The van der Waals surface area contributed by atoms with Crippen molar-refractivity contribution in [3.8, 4) is 0 Å². The first-order valence-corrected chi connectivity index (χ1v) is 8.04. The second-order valence-corrected chi connectivity index (χ2v) is 6.57. The topological polar surface area (TPSA) is 32.3 Å². The van der Waals surface area contributed by atoms with Crippen molar-refractivity contribution in [2.75, 3.05) is 18.8 Å². The van der Waals surface area contributed by atoms with Crippen LogP contribution in [0.25, 0.3) is 0 Å². The number of carbonyl (C=O) groups is 1. The molecule has 0 radical (unpaired) electrons. The summed E-state index contributed by atoms with van der Waals surface area (Å²) in [7, 11) is 0. The van der Waals surface area contributed by atoms with Crippen LogP contribution in [0.1, 0.15) is 31.1 Å². The van der Waals surface area contributed by atoms with Crippen LogP contribution in [0.2, 0.25) is 0 Å². The van der Waals surface area contributed by atoms with Crippen molar-refractivity contribution in [2.45, 2.75) is 31.6 Å². The van der Waals surface area contributed by atoms with E-state index in [1.165, 1.54) is 6.07 Å². The maximum atomic E-state index is 13.8. The molecule has 2 amide bonds. The quantitative estimate of drug-likeness (QED) is 0.907. The van der Waals surface area contributed by atoms with Gasteiger partial charge < -0.3 is 10.2 Å². The maximum absolute atomic E-state index is 13.8. The molecule has 0 aromatic heterocycles. The molecule has 0 bridgehead atoms. The van der Waals surface area contributed by atoms with Gasteiger partial charge in [-0.3, -0.25) is 0 Å². The lowest BCUT2D eigenvalue weighted by molar-refractivity contribution is 0.198. The van der Waals surface area contributed by atoms with E-state index in [4.69, 9.17) is 0 Å². The summed E-state index contributed by atoms with van der Waals surface area (Å²) in [6.07, 6.45) is 0.789. The standard InChI is InChI=1S/C15H21FN2OS/c1-11(2)17-15(19)18-8-7-14(20-10-9-18)12-5-3-4-6-13(12)16/h3-6,11,14H,7-10H2,1-2H3,(H,17,19)/t14-/m0/s1. The Labute approximate surface area is 123 Å². The van der Waals surface area contributed by atoms with Crippen LogP contribution in [-0.4, -0.2) is 35.8 Å². The molecule has 0 unspecified atom stereocenters. The van der Waals surface area contributed by atoms with Crippen LogP contribution in [0, 0.1) is 5.82 Å². The third-order valence-corrected chi connectivity index (χ3v) is 4.60. The monoisotopic (exact) mass is 296 g/mol. The van der Waals surface area contributed by atoms with E-state index in [1.807, 2.05) is 30.9 Å². The van der Waals surface area contributed by atoms with Gasteiger partial charge in [0.15, 0.2) is 0 Å². The Bertz CT molecular complexity index is 467. The van der Waals surface area contributed by atoms with Crippen LogP contribution in [0.5, 0.6) is 0 Å². The average Bonchev–Trinajstić information content (AvgIpc) is 2.64. The number of hydrogen-bond acceptors (Lipinski definition) is 2. The fraction of sp³-hybridized carbons (Fsp3) is 0.533. The molecule has 1 aromatic rings. The van der Waals surface area contributed by atoms with Crippen LogP contribution >= 0.6 is 11.8 Å². The molecule has 5 heteroatoms. The third-order valence-electron chi connectivity index (χ3n) is 3.29. The van der Waals surface area contributed by atoms with E-state index in [0.717, 1.165) is 17.7 Å². The summed E-state index contributed by atoms with van der Waals surface area (Å²) in [6.45, 7) is 5.29. The Balaban J connectivity index is 1.99. The number of hydrogen-bond donors (Lipinski definition) is 1. The molecule has 0 aliphatic carbocycles. The Kier molecular flexibility index (Phi) is 5.29. The fourth-order valence-electron chi connectivity index (χ4n) is 2.30. The minimum absolute atomic E-state index is 0.0187. The zero-order valence-electron chi connectivity index (χ0n) is 11.9. The molecule has 1 aromatic carbocycles. The number of benzene rings is 1. The molecule has 1 atom stereocenters. The van der Waals surface area contributed by atoms with Crippen LogP contribution in [0.15, 0.2) is 24.3 Å². The number of urea groups is 1. The molecule has 0 spiro atoms. The van der Waals surface area contributed by atoms with E-state index < -0.39 is 0 Å². The number of rotatable bonds is 2. The summed E-state index contributed by atoms with van der Waals surface area (Å²) < 4.78 is 13.8.